The Bertz CT molecular complexity index is 310. The van der Waals surface area contributed by atoms with Crippen LogP contribution in [0.15, 0.2) is 18.2 Å². The number of nitrogens with zero attached hydrogens (tertiary/aromatic N) is 1. The molecule has 0 aliphatic rings. The molecule has 1 rings (SSSR count). The highest BCUT2D eigenvalue weighted by molar-refractivity contribution is 5.37. The number of ether oxygens (including phenoxy) is 1. The first kappa shape index (κ1) is 12.0. The molecule has 0 amide bonds. The average molecular weight is 208 g/mol. The van der Waals surface area contributed by atoms with Crippen LogP contribution in [0.2, 0.25) is 0 Å². The van der Waals surface area contributed by atoms with Crippen molar-refractivity contribution in [3.05, 3.63) is 29.3 Å². The quantitative estimate of drug-likeness (QED) is 0.793. The van der Waals surface area contributed by atoms with E-state index in [0.29, 0.717) is 0 Å². The second kappa shape index (κ2) is 5.73. The van der Waals surface area contributed by atoms with Gasteiger partial charge in [0.2, 0.25) is 0 Å². The lowest BCUT2D eigenvalue weighted by Crippen LogP contribution is -2.12. The summed E-state index contributed by atoms with van der Waals surface area (Å²) >= 11 is 0. The smallest absolute Gasteiger partial charge is 0.123 e. The van der Waals surface area contributed by atoms with Crippen molar-refractivity contribution in [3.8, 4) is 5.75 Å². The van der Waals surface area contributed by atoms with Crippen LogP contribution in [0.4, 0.5) is 0 Å². The van der Waals surface area contributed by atoms with Gasteiger partial charge in [0.05, 0.1) is 7.11 Å². The molecule has 0 aliphatic heterocycles. The third kappa shape index (κ3) is 3.53. The Labute approximate surface area is 92.0 Å². The molecule has 15 heavy (non-hydrogen) atoms. The van der Waals surface area contributed by atoms with Gasteiger partial charge in [-0.1, -0.05) is 6.07 Å². The Hall–Kier alpha value is -1.06. The molecule has 0 aliphatic carbocycles. The molecule has 0 saturated carbocycles. The van der Waals surface area contributed by atoms with E-state index in [-0.39, 0.29) is 0 Å². The zero-order chi connectivity index (χ0) is 11.3. The number of methoxy groups -OCH3 is 1. The summed E-state index contributed by atoms with van der Waals surface area (Å²) in [5.74, 6) is 0.951. The van der Waals surface area contributed by atoms with Crippen LogP contribution in [0.3, 0.4) is 0 Å². The molecule has 0 radical (unpaired) electrons. The van der Waals surface area contributed by atoms with E-state index in [4.69, 9.17) is 4.74 Å². The van der Waals surface area contributed by atoms with E-state index >= 15 is 0 Å². The van der Waals surface area contributed by atoms with Crippen molar-refractivity contribution >= 4 is 0 Å². The third-order valence-electron chi connectivity index (χ3n) is 2.21. The van der Waals surface area contributed by atoms with Crippen LogP contribution in [0.1, 0.15) is 11.1 Å². The number of benzene rings is 1. The van der Waals surface area contributed by atoms with E-state index in [1.54, 1.807) is 7.11 Å². The fraction of sp³-hybridized carbons (Fsp3) is 0.500. The third-order valence-corrected chi connectivity index (χ3v) is 2.21. The highest BCUT2D eigenvalue weighted by Crippen LogP contribution is 2.20. The maximum Gasteiger partial charge on any atom is 0.123 e. The summed E-state index contributed by atoms with van der Waals surface area (Å²) in [6.07, 6.45) is 0. The zero-order valence-corrected chi connectivity index (χ0v) is 10.0. The molecule has 0 bridgehead atoms. The lowest BCUT2D eigenvalue weighted by atomic mass is 10.1. The molecule has 0 fully saturated rings. The van der Waals surface area contributed by atoms with E-state index in [1.165, 1.54) is 11.1 Å². The summed E-state index contributed by atoms with van der Waals surface area (Å²) in [7, 11) is 7.79. The Kier molecular flexibility index (Phi) is 4.59. The molecule has 1 aromatic carbocycles. The zero-order valence-electron chi connectivity index (χ0n) is 10.0. The molecule has 84 valence electrons. The van der Waals surface area contributed by atoms with Gasteiger partial charge >= 0.3 is 0 Å². The van der Waals surface area contributed by atoms with E-state index in [2.05, 4.69) is 36.4 Å². The average Bonchev–Trinajstić information content (AvgIpc) is 2.18. The van der Waals surface area contributed by atoms with Gasteiger partial charge < -0.3 is 15.0 Å². The fourth-order valence-electron chi connectivity index (χ4n) is 1.62. The Morgan fingerprint density at radius 1 is 1.33 bits per heavy atom. The van der Waals surface area contributed by atoms with E-state index in [0.717, 1.165) is 18.8 Å². The summed E-state index contributed by atoms with van der Waals surface area (Å²) in [4.78, 5) is 2.16. The summed E-state index contributed by atoms with van der Waals surface area (Å²) in [5.41, 5.74) is 2.52. The normalized spacial score (nSPS) is 10.7. The largest absolute Gasteiger partial charge is 0.496 e. The van der Waals surface area contributed by atoms with E-state index in [1.807, 2.05) is 13.1 Å². The minimum Gasteiger partial charge on any atom is -0.496 e. The highest BCUT2D eigenvalue weighted by Gasteiger charge is 2.04. The Morgan fingerprint density at radius 3 is 2.60 bits per heavy atom. The molecular weight excluding hydrogens is 188 g/mol. The van der Waals surface area contributed by atoms with Crippen LogP contribution in [0.25, 0.3) is 0 Å². The Morgan fingerprint density at radius 2 is 2.07 bits per heavy atom. The molecular formula is C12H20N2O. The van der Waals surface area contributed by atoms with Gasteiger partial charge in [0, 0.05) is 18.7 Å². The van der Waals surface area contributed by atoms with Gasteiger partial charge in [-0.25, -0.2) is 0 Å². The molecule has 1 aromatic rings. The summed E-state index contributed by atoms with van der Waals surface area (Å²) in [5, 5.41) is 3.15. The molecule has 0 unspecified atom stereocenters. The van der Waals surface area contributed by atoms with E-state index < -0.39 is 0 Å². The highest BCUT2D eigenvalue weighted by atomic mass is 16.5. The van der Waals surface area contributed by atoms with Crippen LogP contribution >= 0.6 is 0 Å². The lowest BCUT2D eigenvalue weighted by molar-refractivity contribution is 0.397. The molecule has 0 heterocycles. The monoisotopic (exact) mass is 208 g/mol. The molecule has 0 saturated heterocycles. The van der Waals surface area contributed by atoms with E-state index in [9.17, 15) is 0 Å². The van der Waals surface area contributed by atoms with Crippen molar-refractivity contribution in [2.45, 2.75) is 13.1 Å². The van der Waals surface area contributed by atoms with Gasteiger partial charge in [-0.2, -0.15) is 0 Å². The second-order valence-electron chi connectivity index (χ2n) is 3.91. The van der Waals surface area contributed by atoms with Gasteiger partial charge in [0.15, 0.2) is 0 Å². The van der Waals surface area contributed by atoms with Crippen molar-refractivity contribution in [3.63, 3.8) is 0 Å². The molecule has 3 heteroatoms. The molecule has 0 atom stereocenters. The first-order valence-corrected chi connectivity index (χ1v) is 5.12. The van der Waals surface area contributed by atoms with Crippen molar-refractivity contribution in [2.24, 2.45) is 0 Å². The molecule has 0 aromatic heterocycles. The van der Waals surface area contributed by atoms with Gasteiger partial charge in [0.25, 0.3) is 0 Å². The maximum atomic E-state index is 5.30. The molecule has 3 nitrogen and oxygen atoms in total. The summed E-state index contributed by atoms with van der Waals surface area (Å²) < 4.78 is 5.30. The van der Waals surface area contributed by atoms with Crippen LogP contribution in [0, 0.1) is 0 Å². The molecule has 0 spiro atoms. The SMILES string of the molecule is CNCc1cc(CN(C)C)ccc1OC. The number of hydrogen-bond donors (Lipinski definition) is 1. The van der Waals surface area contributed by atoms with Crippen molar-refractivity contribution in [2.75, 3.05) is 28.3 Å². The van der Waals surface area contributed by atoms with Gasteiger partial charge in [0.1, 0.15) is 5.75 Å². The first-order chi connectivity index (χ1) is 7.17. The molecule has 1 N–H and O–H groups in total. The minimum absolute atomic E-state index is 0.838. The van der Waals surface area contributed by atoms with Crippen molar-refractivity contribution in [1.82, 2.24) is 10.2 Å². The second-order valence-corrected chi connectivity index (χ2v) is 3.91. The topological polar surface area (TPSA) is 24.5 Å². The minimum atomic E-state index is 0.838. The van der Waals surface area contributed by atoms with Crippen molar-refractivity contribution in [1.29, 1.82) is 0 Å². The van der Waals surface area contributed by atoms with Crippen LogP contribution in [-0.4, -0.2) is 33.2 Å². The van der Waals surface area contributed by atoms with Gasteiger partial charge in [-0.05, 0) is 38.8 Å². The van der Waals surface area contributed by atoms with Crippen LogP contribution < -0.4 is 10.1 Å². The van der Waals surface area contributed by atoms with Gasteiger partial charge in [-0.15, -0.1) is 0 Å². The number of hydrogen-bond acceptors (Lipinski definition) is 3. The standard InChI is InChI=1S/C12H20N2O/c1-13-8-11-7-10(9-14(2)3)5-6-12(11)15-4/h5-7,13H,8-9H2,1-4H3. The summed E-state index contributed by atoms with van der Waals surface area (Å²) in [6.45, 7) is 1.80. The lowest BCUT2D eigenvalue weighted by Gasteiger charge is -2.13. The van der Waals surface area contributed by atoms with Crippen LogP contribution in [-0.2, 0) is 13.1 Å². The number of nitrogens with one attached hydrogen (secondary N) is 1. The van der Waals surface area contributed by atoms with Gasteiger partial charge in [-0.3, -0.25) is 0 Å². The maximum absolute atomic E-state index is 5.30. The fourth-order valence-corrected chi connectivity index (χ4v) is 1.62. The number of rotatable bonds is 5. The predicted molar refractivity (Wildman–Crippen MR) is 63.1 cm³/mol. The summed E-state index contributed by atoms with van der Waals surface area (Å²) in [6, 6.07) is 6.33. The Balaban J connectivity index is 2.88. The van der Waals surface area contributed by atoms with Crippen molar-refractivity contribution < 1.29 is 4.74 Å². The predicted octanol–water partition coefficient (Wildman–Crippen LogP) is 1.48. The first-order valence-electron chi connectivity index (χ1n) is 5.12. The van der Waals surface area contributed by atoms with Crippen LogP contribution in [0.5, 0.6) is 5.75 Å².